The number of hydrogen-bond donors (Lipinski definition) is 1. The molecule has 1 aliphatic rings. The van der Waals surface area contributed by atoms with Gasteiger partial charge in [0.05, 0.1) is 0 Å². The van der Waals surface area contributed by atoms with Crippen LogP contribution in [0.15, 0.2) is 6.07 Å². The summed E-state index contributed by atoms with van der Waals surface area (Å²) in [4.78, 5) is 14.2. The number of hydrogen-bond acceptors (Lipinski definition) is 3. The molecule has 1 aliphatic heterocycles. The SMILES string of the molecule is CCN1CCCC1CNC(=O)c1cc(C(F)(F)F)n(C)n1. The molecule has 0 radical (unpaired) electrons. The van der Waals surface area contributed by atoms with Crippen molar-refractivity contribution >= 4 is 5.91 Å². The maximum absolute atomic E-state index is 12.7. The van der Waals surface area contributed by atoms with Crippen LogP contribution in [0.3, 0.4) is 0 Å². The highest BCUT2D eigenvalue weighted by Gasteiger charge is 2.35. The number of alkyl halides is 3. The van der Waals surface area contributed by atoms with Gasteiger partial charge < -0.3 is 5.32 Å². The van der Waals surface area contributed by atoms with Gasteiger partial charge in [-0.1, -0.05) is 6.92 Å². The summed E-state index contributed by atoms with van der Waals surface area (Å²) in [6.07, 6.45) is -2.44. The first-order valence-electron chi connectivity index (χ1n) is 6.96. The Hall–Kier alpha value is -1.57. The molecule has 2 rings (SSSR count). The van der Waals surface area contributed by atoms with E-state index in [0.717, 1.165) is 32.0 Å². The quantitative estimate of drug-likeness (QED) is 0.920. The number of carbonyl (C=O) groups is 1. The lowest BCUT2D eigenvalue weighted by Crippen LogP contribution is -2.40. The Bertz CT molecular complexity index is 512. The van der Waals surface area contributed by atoms with E-state index in [9.17, 15) is 18.0 Å². The van der Waals surface area contributed by atoms with Gasteiger partial charge in [0.1, 0.15) is 5.69 Å². The molecule has 0 aliphatic carbocycles. The summed E-state index contributed by atoms with van der Waals surface area (Å²) in [5.41, 5.74) is -1.13. The molecule has 0 spiro atoms. The van der Waals surface area contributed by atoms with Crippen LogP contribution in [0.5, 0.6) is 0 Å². The molecule has 1 aromatic heterocycles. The molecular weight excluding hydrogens is 285 g/mol. The maximum Gasteiger partial charge on any atom is 0.433 e. The minimum Gasteiger partial charge on any atom is -0.349 e. The molecule has 0 saturated carbocycles. The molecule has 1 fully saturated rings. The highest BCUT2D eigenvalue weighted by Crippen LogP contribution is 2.29. The van der Waals surface area contributed by atoms with Crippen molar-refractivity contribution in [2.45, 2.75) is 32.0 Å². The van der Waals surface area contributed by atoms with Crippen molar-refractivity contribution in [2.24, 2.45) is 7.05 Å². The van der Waals surface area contributed by atoms with Crippen molar-refractivity contribution in [3.8, 4) is 0 Å². The third-order valence-electron chi connectivity index (χ3n) is 3.81. The first-order chi connectivity index (χ1) is 9.82. The molecule has 1 aromatic rings. The Morgan fingerprint density at radius 1 is 1.52 bits per heavy atom. The topological polar surface area (TPSA) is 50.2 Å². The van der Waals surface area contributed by atoms with E-state index in [2.05, 4.69) is 22.2 Å². The molecule has 1 unspecified atom stereocenters. The van der Waals surface area contributed by atoms with Crippen LogP contribution in [-0.4, -0.2) is 46.3 Å². The lowest BCUT2D eigenvalue weighted by atomic mass is 10.2. The zero-order valence-corrected chi connectivity index (χ0v) is 12.1. The monoisotopic (exact) mass is 304 g/mol. The van der Waals surface area contributed by atoms with Crippen molar-refractivity contribution in [1.82, 2.24) is 20.0 Å². The molecule has 5 nitrogen and oxygen atoms in total. The lowest BCUT2D eigenvalue weighted by Gasteiger charge is -2.22. The van der Waals surface area contributed by atoms with E-state index in [1.807, 2.05) is 0 Å². The van der Waals surface area contributed by atoms with Crippen molar-refractivity contribution in [1.29, 1.82) is 0 Å². The highest BCUT2D eigenvalue weighted by molar-refractivity contribution is 5.92. The molecule has 0 bridgehead atoms. The Morgan fingerprint density at radius 3 is 2.81 bits per heavy atom. The summed E-state index contributed by atoms with van der Waals surface area (Å²) in [5.74, 6) is -0.566. The van der Waals surface area contributed by atoms with Crippen molar-refractivity contribution in [2.75, 3.05) is 19.6 Å². The van der Waals surface area contributed by atoms with Crippen LogP contribution in [0.2, 0.25) is 0 Å². The highest BCUT2D eigenvalue weighted by atomic mass is 19.4. The fourth-order valence-electron chi connectivity index (χ4n) is 2.69. The lowest BCUT2D eigenvalue weighted by molar-refractivity contribution is -0.143. The molecule has 1 amide bonds. The van der Waals surface area contributed by atoms with Gasteiger partial charge >= 0.3 is 6.18 Å². The Balaban J connectivity index is 1.98. The van der Waals surface area contributed by atoms with Crippen molar-refractivity contribution in [3.05, 3.63) is 17.5 Å². The van der Waals surface area contributed by atoms with Crippen LogP contribution < -0.4 is 5.32 Å². The third-order valence-corrected chi connectivity index (χ3v) is 3.81. The fraction of sp³-hybridized carbons (Fsp3) is 0.692. The number of likely N-dealkylation sites (N-methyl/N-ethyl adjacent to an activating group) is 1. The molecule has 2 heterocycles. The van der Waals surface area contributed by atoms with E-state index in [0.29, 0.717) is 11.2 Å². The van der Waals surface area contributed by atoms with Crippen LogP contribution in [0.25, 0.3) is 0 Å². The summed E-state index contributed by atoms with van der Waals surface area (Å²) in [7, 11) is 1.18. The van der Waals surface area contributed by atoms with E-state index in [4.69, 9.17) is 0 Å². The largest absolute Gasteiger partial charge is 0.433 e. The Morgan fingerprint density at radius 2 is 2.24 bits per heavy atom. The van der Waals surface area contributed by atoms with E-state index < -0.39 is 17.8 Å². The first kappa shape index (κ1) is 15.8. The van der Waals surface area contributed by atoms with Crippen LogP contribution in [0.1, 0.15) is 35.9 Å². The van der Waals surface area contributed by atoms with Crippen molar-refractivity contribution < 1.29 is 18.0 Å². The van der Waals surface area contributed by atoms with Gasteiger partial charge in [0, 0.05) is 25.7 Å². The minimum absolute atomic E-state index is 0.203. The average Bonchev–Trinajstić information content (AvgIpc) is 3.00. The molecule has 1 atom stereocenters. The molecule has 8 heteroatoms. The number of likely N-dealkylation sites (tertiary alicyclic amines) is 1. The second-order valence-electron chi connectivity index (χ2n) is 5.17. The number of aromatic nitrogens is 2. The molecule has 21 heavy (non-hydrogen) atoms. The van der Waals surface area contributed by atoms with Gasteiger partial charge in [0.25, 0.3) is 5.91 Å². The molecule has 118 valence electrons. The minimum atomic E-state index is -4.51. The summed E-state index contributed by atoms with van der Waals surface area (Å²) in [6, 6.07) is 1.03. The second kappa shape index (κ2) is 6.05. The zero-order chi connectivity index (χ0) is 15.6. The van der Waals surface area contributed by atoms with Crippen molar-refractivity contribution in [3.63, 3.8) is 0 Å². The number of aryl methyl sites for hydroxylation is 1. The summed E-state index contributed by atoms with van der Waals surface area (Å²) in [6.45, 7) is 4.39. The van der Waals surface area contributed by atoms with E-state index >= 15 is 0 Å². The van der Waals surface area contributed by atoms with E-state index in [-0.39, 0.29) is 11.7 Å². The van der Waals surface area contributed by atoms with E-state index in [1.165, 1.54) is 7.05 Å². The summed E-state index contributed by atoms with van der Waals surface area (Å²) in [5, 5.41) is 6.31. The first-order valence-corrected chi connectivity index (χ1v) is 6.96. The standard InChI is InChI=1S/C13H19F3N4O/c1-3-20-6-4-5-9(20)8-17-12(21)10-7-11(13(14,15)16)19(2)18-10/h7,9H,3-6,8H2,1-2H3,(H,17,21). The summed E-state index contributed by atoms with van der Waals surface area (Å²) < 4.78 is 38.6. The number of amides is 1. The zero-order valence-electron chi connectivity index (χ0n) is 12.1. The average molecular weight is 304 g/mol. The molecule has 1 saturated heterocycles. The van der Waals surface area contributed by atoms with Gasteiger partial charge in [-0.2, -0.15) is 18.3 Å². The third kappa shape index (κ3) is 3.55. The van der Waals surface area contributed by atoms with Gasteiger partial charge in [0.2, 0.25) is 0 Å². The second-order valence-corrected chi connectivity index (χ2v) is 5.17. The van der Waals surface area contributed by atoms with Gasteiger partial charge in [-0.3, -0.25) is 14.4 Å². The van der Waals surface area contributed by atoms with Crippen LogP contribution >= 0.6 is 0 Å². The number of rotatable bonds is 4. The van der Waals surface area contributed by atoms with Crippen LogP contribution in [0, 0.1) is 0 Å². The Kier molecular flexibility index (Phi) is 4.55. The van der Waals surface area contributed by atoms with Gasteiger partial charge in [-0.05, 0) is 25.9 Å². The number of nitrogens with zero attached hydrogens (tertiary/aromatic N) is 3. The normalized spacial score (nSPS) is 20.0. The maximum atomic E-state index is 12.7. The van der Waals surface area contributed by atoms with E-state index in [1.54, 1.807) is 0 Å². The van der Waals surface area contributed by atoms with Gasteiger partial charge in [-0.15, -0.1) is 0 Å². The van der Waals surface area contributed by atoms with Gasteiger partial charge in [0.15, 0.2) is 5.69 Å². The van der Waals surface area contributed by atoms with Gasteiger partial charge in [-0.25, -0.2) is 0 Å². The predicted octanol–water partition coefficient (Wildman–Crippen LogP) is 1.65. The fourth-order valence-corrected chi connectivity index (χ4v) is 2.69. The number of carbonyl (C=O) groups excluding carboxylic acids is 1. The smallest absolute Gasteiger partial charge is 0.349 e. The van der Waals surface area contributed by atoms with Crippen LogP contribution in [-0.2, 0) is 13.2 Å². The molecular formula is C13H19F3N4O. The van der Waals surface area contributed by atoms with Crippen LogP contribution in [0.4, 0.5) is 13.2 Å². The number of nitrogens with one attached hydrogen (secondary N) is 1. The predicted molar refractivity (Wildman–Crippen MR) is 70.8 cm³/mol. The molecule has 1 N–H and O–H groups in total. The Labute approximate surface area is 121 Å². The summed E-state index contributed by atoms with van der Waals surface area (Å²) >= 11 is 0. The molecule has 0 aromatic carbocycles. The number of halogens is 3.